The summed E-state index contributed by atoms with van der Waals surface area (Å²) in [7, 11) is 0. The minimum absolute atomic E-state index is 0.0720. The minimum atomic E-state index is -1.44. The Kier molecular flexibility index (Phi) is 6.30. The SMILES string of the molecule is CC(C)(NC(=O)c1ccc(NC(=O)OCC2c3ccccc3-c3ccccc32)c(Cl)c1)C(=O)O. The van der Waals surface area contributed by atoms with Crippen LogP contribution in [0.4, 0.5) is 10.5 Å². The molecule has 4 rings (SSSR count). The van der Waals surface area contributed by atoms with E-state index in [-0.39, 0.29) is 28.8 Å². The molecule has 1 aliphatic rings. The van der Waals surface area contributed by atoms with Gasteiger partial charge in [-0.15, -0.1) is 0 Å². The summed E-state index contributed by atoms with van der Waals surface area (Å²) in [4.78, 5) is 36.1. The maximum atomic E-state index is 12.5. The second-order valence-corrected chi connectivity index (χ2v) is 8.94. The van der Waals surface area contributed by atoms with Crippen molar-refractivity contribution in [2.45, 2.75) is 25.3 Å². The van der Waals surface area contributed by atoms with Crippen molar-refractivity contribution in [3.63, 3.8) is 0 Å². The van der Waals surface area contributed by atoms with Gasteiger partial charge in [-0.25, -0.2) is 9.59 Å². The highest BCUT2D eigenvalue weighted by molar-refractivity contribution is 6.34. The van der Waals surface area contributed by atoms with E-state index in [1.807, 2.05) is 36.4 Å². The van der Waals surface area contributed by atoms with Crippen molar-refractivity contribution in [2.24, 2.45) is 0 Å². The molecule has 0 saturated carbocycles. The Bertz CT molecular complexity index is 1240. The van der Waals surface area contributed by atoms with Crippen molar-refractivity contribution in [2.75, 3.05) is 11.9 Å². The van der Waals surface area contributed by atoms with Gasteiger partial charge in [0, 0.05) is 11.5 Å². The lowest BCUT2D eigenvalue weighted by Gasteiger charge is -2.21. The quantitative estimate of drug-likeness (QED) is 0.446. The molecule has 0 fully saturated rings. The smallest absolute Gasteiger partial charge is 0.411 e. The molecule has 2 amide bonds. The van der Waals surface area contributed by atoms with Crippen molar-refractivity contribution in [3.8, 4) is 11.1 Å². The van der Waals surface area contributed by atoms with Gasteiger partial charge in [0.1, 0.15) is 12.1 Å². The van der Waals surface area contributed by atoms with Gasteiger partial charge < -0.3 is 15.2 Å². The Morgan fingerprint density at radius 3 is 2.12 bits per heavy atom. The number of amides is 2. The van der Waals surface area contributed by atoms with E-state index in [0.29, 0.717) is 0 Å². The summed E-state index contributed by atoms with van der Waals surface area (Å²) in [5.74, 6) is -1.83. The van der Waals surface area contributed by atoms with E-state index in [9.17, 15) is 19.5 Å². The summed E-state index contributed by atoms with van der Waals surface area (Å²) in [5, 5.41) is 14.3. The topological polar surface area (TPSA) is 105 Å². The number of fused-ring (bicyclic) bond motifs is 3. The van der Waals surface area contributed by atoms with Gasteiger partial charge in [0.2, 0.25) is 0 Å². The molecule has 0 aromatic heterocycles. The molecule has 8 heteroatoms. The Morgan fingerprint density at radius 2 is 1.56 bits per heavy atom. The fourth-order valence-electron chi connectivity index (χ4n) is 3.91. The molecule has 174 valence electrons. The Hall–Kier alpha value is -3.84. The van der Waals surface area contributed by atoms with Crippen molar-refractivity contribution in [1.29, 1.82) is 0 Å². The van der Waals surface area contributed by atoms with Gasteiger partial charge in [0.05, 0.1) is 10.7 Å². The van der Waals surface area contributed by atoms with Crippen LogP contribution in [-0.4, -0.2) is 35.2 Å². The first-order valence-electron chi connectivity index (χ1n) is 10.6. The van der Waals surface area contributed by atoms with Gasteiger partial charge in [-0.05, 0) is 54.3 Å². The normalized spacial score (nSPS) is 12.4. The first-order valence-corrected chi connectivity index (χ1v) is 11.0. The van der Waals surface area contributed by atoms with Crippen molar-refractivity contribution < 1.29 is 24.2 Å². The van der Waals surface area contributed by atoms with Gasteiger partial charge in [-0.2, -0.15) is 0 Å². The van der Waals surface area contributed by atoms with E-state index in [1.54, 1.807) is 0 Å². The largest absolute Gasteiger partial charge is 0.480 e. The van der Waals surface area contributed by atoms with Crippen molar-refractivity contribution in [1.82, 2.24) is 5.32 Å². The summed E-state index contributed by atoms with van der Waals surface area (Å²) in [6, 6.07) is 20.4. The summed E-state index contributed by atoms with van der Waals surface area (Å²) >= 11 is 6.25. The number of halogens is 1. The number of benzene rings is 3. The molecule has 0 aliphatic heterocycles. The summed E-state index contributed by atoms with van der Waals surface area (Å²) < 4.78 is 5.52. The molecule has 0 bridgehead atoms. The minimum Gasteiger partial charge on any atom is -0.480 e. The Morgan fingerprint density at radius 1 is 0.971 bits per heavy atom. The molecule has 0 atom stereocenters. The van der Waals surface area contributed by atoms with Gasteiger partial charge >= 0.3 is 12.1 Å². The second kappa shape index (κ2) is 9.19. The lowest BCUT2D eigenvalue weighted by Crippen LogP contribution is -2.49. The molecule has 7 nitrogen and oxygen atoms in total. The van der Waals surface area contributed by atoms with E-state index >= 15 is 0 Å². The van der Waals surface area contributed by atoms with E-state index in [1.165, 1.54) is 32.0 Å². The summed E-state index contributed by atoms with van der Waals surface area (Å²) in [6.45, 7) is 2.91. The highest BCUT2D eigenvalue weighted by Crippen LogP contribution is 2.44. The van der Waals surface area contributed by atoms with Crippen LogP contribution < -0.4 is 10.6 Å². The zero-order chi connectivity index (χ0) is 24.5. The molecule has 0 unspecified atom stereocenters. The molecule has 0 radical (unpaired) electrons. The molecule has 3 aromatic rings. The predicted molar refractivity (Wildman–Crippen MR) is 129 cm³/mol. The van der Waals surface area contributed by atoms with Gasteiger partial charge in [-0.3, -0.25) is 10.1 Å². The highest BCUT2D eigenvalue weighted by atomic mass is 35.5. The number of rotatable bonds is 6. The zero-order valence-electron chi connectivity index (χ0n) is 18.6. The van der Waals surface area contributed by atoms with Crippen molar-refractivity contribution in [3.05, 3.63) is 88.4 Å². The number of hydrogen-bond acceptors (Lipinski definition) is 4. The Balaban J connectivity index is 1.41. The highest BCUT2D eigenvalue weighted by Gasteiger charge is 2.30. The average molecular weight is 479 g/mol. The molecular formula is C26H23ClN2O5. The number of carbonyl (C=O) groups excluding carboxylic acids is 2. The standard InChI is InChI=1S/C26H23ClN2O5/c1-26(2,24(31)32)29-23(30)15-11-12-22(21(27)13-15)28-25(33)34-14-20-18-9-5-3-7-16(18)17-8-4-6-10-19(17)20/h3-13,20H,14H2,1-2H3,(H,28,33)(H,29,30)(H,31,32). The third-order valence-electron chi connectivity index (χ3n) is 5.77. The molecule has 0 heterocycles. The van der Waals surface area contributed by atoms with Crippen LogP contribution in [-0.2, 0) is 9.53 Å². The van der Waals surface area contributed by atoms with E-state index in [0.717, 1.165) is 22.3 Å². The van der Waals surface area contributed by atoms with Crippen LogP contribution in [0.1, 0.15) is 41.3 Å². The third-order valence-corrected chi connectivity index (χ3v) is 6.09. The number of nitrogens with one attached hydrogen (secondary N) is 2. The van der Waals surface area contributed by atoms with Gasteiger partial charge in [-0.1, -0.05) is 60.1 Å². The number of ether oxygens (including phenoxy) is 1. The lowest BCUT2D eigenvalue weighted by molar-refractivity contribution is -0.143. The van der Waals surface area contributed by atoms with Crippen LogP contribution in [0, 0.1) is 0 Å². The van der Waals surface area contributed by atoms with Crippen molar-refractivity contribution >= 4 is 35.3 Å². The summed E-state index contributed by atoms with van der Waals surface area (Å²) in [6.07, 6.45) is -0.673. The Labute approximate surface area is 201 Å². The molecular weight excluding hydrogens is 456 g/mol. The van der Waals surface area contributed by atoms with Crippen LogP contribution in [0.15, 0.2) is 66.7 Å². The van der Waals surface area contributed by atoms with Crippen LogP contribution >= 0.6 is 11.6 Å². The van der Waals surface area contributed by atoms with Crippen LogP contribution in [0.2, 0.25) is 5.02 Å². The fourth-order valence-corrected chi connectivity index (χ4v) is 4.14. The van der Waals surface area contributed by atoms with E-state index in [2.05, 4.69) is 22.8 Å². The molecule has 0 spiro atoms. The molecule has 0 saturated heterocycles. The van der Waals surface area contributed by atoms with Crippen LogP contribution in [0.3, 0.4) is 0 Å². The van der Waals surface area contributed by atoms with E-state index in [4.69, 9.17) is 16.3 Å². The maximum absolute atomic E-state index is 12.5. The monoisotopic (exact) mass is 478 g/mol. The predicted octanol–water partition coefficient (Wildman–Crippen LogP) is 5.29. The molecule has 3 N–H and O–H groups in total. The molecule has 34 heavy (non-hydrogen) atoms. The summed E-state index contributed by atoms with van der Waals surface area (Å²) in [5.41, 5.74) is 3.47. The molecule has 3 aromatic carbocycles. The first-order chi connectivity index (χ1) is 16.2. The lowest BCUT2D eigenvalue weighted by atomic mass is 9.98. The van der Waals surface area contributed by atoms with E-state index < -0.39 is 23.5 Å². The third kappa shape index (κ3) is 4.61. The average Bonchev–Trinajstić information content (AvgIpc) is 3.12. The fraction of sp³-hybridized carbons (Fsp3) is 0.192. The first kappa shape index (κ1) is 23.3. The van der Waals surface area contributed by atoms with Gasteiger partial charge in [0.25, 0.3) is 5.91 Å². The maximum Gasteiger partial charge on any atom is 0.411 e. The van der Waals surface area contributed by atoms with Crippen LogP contribution in [0.25, 0.3) is 11.1 Å². The number of carbonyl (C=O) groups is 3. The zero-order valence-corrected chi connectivity index (χ0v) is 19.3. The number of hydrogen-bond donors (Lipinski definition) is 3. The van der Waals surface area contributed by atoms with Crippen LogP contribution in [0.5, 0.6) is 0 Å². The number of carboxylic acid groups (broad SMARTS) is 1. The number of carboxylic acids is 1. The van der Waals surface area contributed by atoms with Gasteiger partial charge in [0.15, 0.2) is 0 Å². The number of anilines is 1. The second-order valence-electron chi connectivity index (χ2n) is 8.53. The number of aliphatic carboxylic acids is 1. The molecule has 1 aliphatic carbocycles.